The minimum absolute atomic E-state index is 0. The van der Waals surface area contributed by atoms with Crippen LogP contribution in [0.25, 0.3) is 10.2 Å². The molecule has 0 bridgehead atoms. The maximum atomic E-state index is 12.1. The Morgan fingerprint density at radius 2 is 2.18 bits per heavy atom. The molecule has 6 heteroatoms. The highest BCUT2D eigenvalue weighted by molar-refractivity contribution is 7.18. The second kappa shape index (κ2) is 7.90. The molecule has 2 heterocycles. The minimum Gasteiger partial charge on any atom is -0.326 e. The van der Waals surface area contributed by atoms with E-state index in [9.17, 15) is 4.79 Å². The van der Waals surface area contributed by atoms with Crippen LogP contribution in [0.3, 0.4) is 0 Å². The Bertz CT molecular complexity index is 637. The summed E-state index contributed by atoms with van der Waals surface area (Å²) in [5.74, 6) is 0.817. The molecule has 1 aliphatic heterocycles. The first-order chi connectivity index (χ1) is 10.2. The van der Waals surface area contributed by atoms with E-state index in [-0.39, 0.29) is 18.3 Å². The Kier molecular flexibility index (Phi) is 6.17. The van der Waals surface area contributed by atoms with Crippen LogP contribution in [0.5, 0.6) is 0 Å². The molecule has 1 saturated heterocycles. The van der Waals surface area contributed by atoms with E-state index in [1.807, 2.05) is 25.1 Å². The first kappa shape index (κ1) is 17.2. The minimum atomic E-state index is 0. The summed E-state index contributed by atoms with van der Waals surface area (Å²) in [6.07, 6.45) is 4.00. The molecular weight excluding hydrogens is 318 g/mol. The molecule has 3 rings (SSSR count). The number of halogens is 1. The molecular formula is C16H22ClN3OS. The molecule has 0 radical (unpaired) electrons. The molecule has 2 N–H and O–H groups in total. The van der Waals surface area contributed by atoms with Gasteiger partial charge in [0.2, 0.25) is 5.91 Å². The van der Waals surface area contributed by atoms with Crippen molar-refractivity contribution in [3.05, 3.63) is 23.2 Å². The lowest BCUT2D eigenvalue weighted by Gasteiger charge is -2.22. The van der Waals surface area contributed by atoms with Gasteiger partial charge in [0.15, 0.2) is 0 Å². The lowest BCUT2D eigenvalue weighted by Crippen LogP contribution is -2.28. The fourth-order valence-electron chi connectivity index (χ4n) is 2.85. The Labute approximate surface area is 141 Å². The molecule has 0 spiro atoms. The number of carbonyl (C=O) groups excluding carboxylic acids is 1. The predicted molar refractivity (Wildman–Crippen MR) is 95.1 cm³/mol. The summed E-state index contributed by atoms with van der Waals surface area (Å²) in [6.45, 7) is 4.18. The van der Waals surface area contributed by atoms with Crippen molar-refractivity contribution in [2.75, 3.05) is 18.4 Å². The quantitative estimate of drug-likeness (QED) is 0.892. The van der Waals surface area contributed by atoms with Gasteiger partial charge in [0.1, 0.15) is 0 Å². The maximum absolute atomic E-state index is 12.1. The molecule has 0 atom stereocenters. The third kappa shape index (κ3) is 4.41. The summed E-state index contributed by atoms with van der Waals surface area (Å²) in [5, 5.41) is 7.42. The van der Waals surface area contributed by atoms with Gasteiger partial charge in [-0.15, -0.1) is 23.7 Å². The van der Waals surface area contributed by atoms with Crippen LogP contribution in [0.2, 0.25) is 0 Å². The van der Waals surface area contributed by atoms with Crippen LogP contribution in [0.4, 0.5) is 5.69 Å². The number of carbonyl (C=O) groups is 1. The number of nitrogens with one attached hydrogen (secondary N) is 2. The molecule has 2 aromatic rings. The second-order valence-corrected chi connectivity index (χ2v) is 6.93. The normalized spacial score (nSPS) is 15.5. The zero-order chi connectivity index (χ0) is 14.7. The second-order valence-electron chi connectivity index (χ2n) is 5.70. The molecule has 0 saturated carbocycles. The number of fused-ring (bicyclic) bond motifs is 1. The van der Waals surface area contributed by atoms with Crippen LogP contribution < -0.4 is 10.6 Å². The summed E-state index contributed by atoms with van der Waals surface area (Å²) in [7, 11) is 0. The number of hydrogen-bond donors (Lipinski definition) is 2. The molecule has 1 amide bonds. The highest BCUT2D eigenvalue weighted by Crippen LogP contribution is 2.25. The summed E-state index contributed by atoms with van der Waals surface area (Å²) in [4.78, 5) is 16.5. The number of amides is 1. The van der Waals surface area contributed by atoms with E-state index in [0.29, 0.717) is 12.3 Å². The van der Waals surface area contributed by atoms with Crippen molar-refractivity contribution in [1.82, 2.24) is 10.3 Å². The van der Waals surface area contributed by atoms with Crippen LogP contribution in [-0.2, 0) is 4.79 Å². The number of piperidine rings is 1. The molecule has 0 aliphatic carbocycles. The van der Waals surface area contributed by atoms with Gasteiger partial charge in [-0.2, -0.15) is 0 Å². The number of aromatic nitrogens is 1. The lowest BCUT2D eigenvalue weighted by molar-refractivity contribution is -0.116. The first-order valence-electron chi connectivity index (χ1n) is 7.58. The monoisotopic (exact) mass is 339 g/mol. The predicted octanol–water partition coefficient (Wildman–Crippen LogP) is 3.74. The standard InChI is InChI=1S/C16H21N3OS.ClH/c1-11-18-14-4-3-13(10-15(14)21-11)19-16(20)5-2-12-6-8-17-9-7-12;/h3-4,10,12,17H,2,5-9H2,1H3,(H,19,20);1H. The van der Waals surface area contributed by atoms with E-state index in [1.54, 1.807) is 11.3 Å². The number of nitrogens with zero attached hydrogens (tertiary/aromatic N) is 1. The molecule has 120 valence electrons. The van der Waals surface area contributed by atoms with Crippen molar-refractivity contribution < 1.29 is 4.79 Å². The van der Waals surface area contributed by atoms with Gasteiger partial charge in [0.25, 0.3) is 0 Å². The number of anilines is 1. The zero-order valence-electron chi connectivity index (χ0n) is 12.7. The lowest BCUT2D eigenvalue weighted by atomic mass is 9.93. The highest BCUT2D eigenvalue weighted by atomic mass is 35.5. The Morgan fingerprint density at radius 1 is 1.41 bits per heavy atom. The Balaban J connectivity index is 0.00000176. The zero-order valence-corrected chi connectivity index (χ0v) is 14.4. The van der Waals surface area contributed by atoms with Crippen LogP contribution in [0.15, 0.2) is 18.2 Å². The smallest absolute Gasteiger partial charge is 0.224 e. The number of rotatable bonds is 4. The third-order valence-electron chi connectivity index (χ3n) is 4.02. The van der Waals surface area contributed by atoms with Crippen molar-refractivity contribution >= 4 is 45.6 Å². The number of aryl methyl sites for hydroxylation is 1. The summed E-state index contributed by atoms with van der Waals surface area (Å²) < 4.78 is 1.13. The van der Waals surface area contributed by atoms with Crippen molar-refractivity contribution in [2.24, 2.45) is 5.92 Å². The van der Waals surface area contributed by atoms with Gasteiger partial charge >= 0.3 is 0 Å². The van der Waals surface area contributed by atoms with Crippen LogP contribution in [0, 0.1) is 12.8 Å². The van der Waals surface area contributed by atoms with E-state index >= 15 is 0 Å². The first-order valence-corrected chi connectivity index (χ1v) is 8.40. The van der Waals surface area contributed by atoms with E-state index in [1.165, 1.54) is 12.8 Å². The van der Waals surface area contributed by atoms with E-state index < -0.39 is 0 Å². The Morgan fingerprint density at radius 3 is 2.95 bits per heavy atom. The SMILES string of the molecule is Cc1nc2ccc(NC(=O)CCC3CCNCC3)cc2s1.Cl. The average molecular weight is 340 g/mol. The number of hydrogen-bond acceptors (Lipinski definition) is 4. The van der Waals surface area contributed by atoms with Gasteiger partial charge < -0.3 is 10.6 Å². The number of benzene rings is 1. The van der Waals surface area contributed by atoms with E-state index in [0.717, 1.165) is 40.4 Å². The van der Waals surface area contributed by atoms with Crippen molar-refractivity contribution in [2.45, 2.75) is 32.6 Å². The van der Waals surface area contributed by atoms with E-state index in [4.69, 9.17) is 0 Å². The molecule has 1 fully saturated rings. The third-order valence-corrected chi connectivity index (χ3v) is 4.95. The van der Waals surface area contributed by atoms with E-state index in [2.05, 4.69) is 15.6 Å². The van der Waals surface area contributed by atoms with Crippen molar-refractivity contribution in [3.8, 4) is 0 Å². The molecule has 1 aromatic carbocycles. The fraction of sp³-hybridized carbons (Fsp3) is 0.500. The summed E-state index contributed by atoms with van der Waals surface area (Å²) >= 11 is 1.66. The van der Waals surface area contributed by atoms with Crippen LogP contribution in [-0.4, -0.2) is 24.0 Å². The van der Waals surface area contributed by atoms with Gasteiger partial charge in [-0.25, -0.2) is 4.98 Å². The largest absolute Gasteiger partial charge is 0.326 e. The van der Waals surface area contributed by atoms with Crippen molar-refractivity contribution in [3.63, 3.8) is 0 Å². The fourth-order valence-corrected chi connectivity index (χ4v) is 3.71. The van der Waals surface area contributed by atoms with Crippen LogP contribution >= 0.6 is 23.7 Å². The molecule has 4 nitrogen and oxygen atoms in total. The van der Waals surface area contributed by atoms with Gasteiger partial charge in [-0.3, -0.25) is 4.79 Å². The summed E-state index contributed by atoms with van der Waals surface area (Å²) in [6, 6.07) is 5.92. The molecule has 1 aromatic heterocycles. The summed E-state index contributed by atoms with van der Waals surface area (Å²) in [5.41, 5.74) is 1.88. The van der Waals surface area contributed by atoms with Crippen LogP contribution in [0.1, 0.15) is 30.7 Å². The van der Waals surface area contributed by atoms with Gasteiger partial charge in [0, 0.05) is 12.1 Å². The highest BCUT2D eigenvalue weighted by Gasteiger charge is 2.14. The number of thiazole rings is 1. The van der Waals surface area contributed by atoms with Crippen molar-refractivity contribution in [1.29, 1.82) is 0 Å². The maximum Gasteiger partial charge on any atom is 0.224 e. The molecule has 1 aliphatic rings. The topological polar surface area (TPSA) is 54.0 Å². The van der Waals surface area contributed by atoms with Gasteiger partial charge in [-0.1, -0.05) is 0 Å². The van der Waals surface area contributed by atoms with Gasteiger partial charge in [0.05, 0.1) is 15.2 Å². The Hall–Kier alpha value is -1.17. The molecule has 22 heavy (non-hydrogen) atoms. The average Bonchev–Trinajstić information content (AvgIpc) is 2.85. The van der Waals surface area contributed by atoms with Gasteiger partial charge in [-0.05, 0) is 63.4 Å². The molecule has 0 unspecified atom stereocenters.